The first-order valence-corrected chi connectivity index (χ1v) is 5.02. The third-order valence-electron chi connectivity index (χ3n) is 1.73. The summed E-state index contributed by atoms with van der Waals surface area (Å²) in [6.45, 7) is 0. The van der Waals surface area contributed by atoms with Gasteiger partial charge in [0, 0.05) is 5.56 Å². The van der Waals surface area contributed by atoms with Gasteiger partial charge in [0.2, 0.25) is 0 Å². The lowest BCUT2D eigenvalue weighted by atomic mass is 10.1. The molecule has 0 aliphatic carbocycles. The summed E-state index contributed by atoms with van der Waals surface area (Å²) in [4.78, 5) is 0. The summed E-state index contributed by atoms with van der Waals surface area (Å²) in [5.41, 5.74) is 2.47. The Balaban J connectivity index is 2.51. The molecule has 0 bridgehead atoms. The minimum Gasteiger partial charge on any atom is -0.137 e. The maximum atomic E-state index is 4.38. The average molecular weight is 192 g/mol. The van der Waals surface area contributed by atoms with E-state index in [1.807, 2.05) is 18.2 Å². The smallest absolute Gasteiger partial charge is 0.0646 e. The Hall–Kier alpha value is -0.730. The summed E-state index contributed by atoms with van der Waals surface area (Å²) in [5, 5.41) is 2.06. The molecule has 0 saturated heterocycles. The zero-order valence-corrected chi connectivity index (χ0v) is 8.11. The average Bonchev–Trinajstić information content (AvgIpc) is 2.53. The van der Waals surface area contributed by atoms with E-state index in [1.165, 1.54) is 11.1 Å². The normalized spacial score (nSPS) is 10.1. The number of rotatable bonds is 1. The number of hydrogen-bond acceptors (Lipinski definition) is 2. The van der Waals surface area contributed by atoms with E-state index in [9.17, 15) is 0 Å². The van der Waals surface area contributed by atoms with Gasteiger partial charge in [0.15, 0.2) is 0 Å². The van der Waals surface area contributed by atoms with Crippen molar-refractivity contribution in [1.82, 2.24) is 0 Å². The van der Waals surface area contributed by atoms with Crippen molar-refractivity contribution in [2.24, 2.45) is 0 Å². The Morgan fingerprint density at radius 2 is 1.75 bits per heavy atom. The largest absolute Gasteiger partial charge is 0.137 e. The van der Waals surface area contributed by atoms with Crippen molar-refractivity contribution in [3.8, 4) is 11.1 Å². The van der Waals surface area contributed by atoms with Crippen LogP contribution >= 0.6 is 24.0 Å². The van der Waals surface area contributed by atoms with Gasteiger partial charge in [0.1, 0.15) is 0 Å². The van der Waals surface area contributed by atoms with Gasteiger partial charge in [-0.2, -0.15) is 0 Å². The molecule has 0 aliphatic heterocycles. The molecular weight excluding hydrogens is 184 g/mol. The second kappa shape index (κ2) is 3.33. The van der Waals surface area contributed by atoms with Crippen LogP contribution < -0.4 is 0 Å². The highest BCUT2D eigenvalue weighted by atomic mass is 32.2. The molecule has 0 unspecified atom stereocenters. The maximum Gasteiger partial charge on any atom is 0.0646 e. The first kappa shape index (κ1) is 7.90. The predicted molar refractivity (Wildman–Crippen MR) is 57.0 cm³/mol. The monoisotopic (exact) mass is 192 g/mol. The molecule has 1 heterocycles. The SMILES string of the molecule is Sc1sccc1-c1ccccc1. The minimum absolute atomic E-state index is 1.08. The first-order chi connectivity index (χ1) is 5.88. The zero-order valence-electron chi connectivity index (χ0n) is 6.40. The van der Waals surface area contributed by atoms with E-state index in [-0.39, 0.29) is 0 Å². The summed E-state index contributed by atoms with van der Waals surface area (Å²) in [7, 11) is 0. The molecule has 0 atom stereocenters. The molecule has 0 nitrogen and oxygen atoms in total. The molecule has 1 aromatic carbocycles. The zero-order chi connectivity index (χ0) is 8.39. The van der Waals surface area contributed by atoms with Crippen molar-refractivity contribution in [3.05, 3.63) is 41.8 Å². The van der Waals surface area contributed by atoms with E-state index in [2.05, 4.69) is 36.2 Å². The molecule has 0 amide bonds. The molecule has 1 aromatic heterocycles. The Morgan fingerprint density at radius 3 is 2.33 bits per heavy atom. The third-order valence-corrected chi connectivity index (χ3v) is 3.00. The van der Waals surface area contributed by atoms with E-state index in [0.717, 1.165) is 4.21 Å². The van der Waals surface area contributed by atoms with E-state index in [1.54, 1.807) is 11.3 Å². The van der Waals surface area contributed by atoms with Crippen LogP contribution in [-0.2, 0) is 0 Å². The van der Waals surface area contributed by atoms with Crippen LogP contribution in [0.2, 0.25) is 0 Å². The molecule has 0 fully saturated rings. The fourth-order valence-corrected chi connectivity index (χ4v) is 2.17. The lowest BCUT2D eigenvalue weighted by Gasteiger charge is -1.97. The molecule has 2 aromatic rings. The summed E-state index contributed by atoms with van der Waals surface area (Å²) in [6, 6.07) is 12.4. The Kier molecular flexibility index (Phi) is 2.19. The molecular formula is C10H8S2. The molecule has 2 heteroatoms. The fourth-order valence-electron chi connectivity index (χ4n) is 1.14. The van der Waals surface area contributed by atoms with Gasteiger partial charge in [-0.25, -0.2) is 0 Å². The Labute approximate surface area is 81.3 Å². The van der Waals surface area contributed by atoms with Gasteiger partial charge in [-0.3, -0.25) is 0 Å². The van der Waals surface area contributed by atoms with Crippen LogP contribution in [0.5, 0.6) is 0 Å². The van der Waals surface area contributed by atoms with Crippen LogP contribution in [0.3, 0.4) is 0 Å². The van der Waals surface area contributed by atoms with Crippen LogP contribution in [0.4, 0.5) is 0 Å². The second-order valence-electron chi connectivity index (χ2n) is 2.51. The quantitative estimate of drug-likeness (QED) is 0.654. The lowest BCUT2D eigenvalue weighted by molar-refractivity contribution is 1.61. The van der Waals surface area contributed by atoms with Gasteiger partial charge >= 0.3 is 0 Å². The highest BCUT2D eigenvalue weighted by molar-refractivity contribution is 7.83. The Bertz CT molecular complexity index is 362. The topological polar surface area (TPSA) is 0 Å². The van der Waals surface area contributed by atoms with Gasteiger partial charge in [-0.05, 0) is 17.0 Å². The minimum atomic E-state index is 1.08. The molecule has 60 valence electrons. The molecule has 0 spiro atoms. The number of thiol groups is 1. The third kappa shape index (κ3) is 1.40. The molecule has 0 radical (unpaired) electrons. The molecule has 0 N–H and O–H groups in total. The number of thiophene rings is 1. The van der Waals surface area contributed by atoms with Crippen LogP contribution in [-0.4, -0.2) is 0 Å². The standard InChI is InChI=1S/C10H8S2/c11-10-9(6-7-12-10)8-4-2-1-3-5-8/h1-7,11H. The number of benzene rings is 1. The van der Waals surface area contributed by atoms with Crippen molar-refractivity contribution in [3.63, 3.8) is 0 Å². The van der Waals surface area contributed by atoms with Crippen LogP contribution in [0.15, 0.2) is 46.0 Å². The maximum absolute atomic E-state index is 4.38. The van der Waals surface area contributed by atoms with Crippen molar-refractivity contribution < 1.29 is 0 Å². The van der Waals surface area contributed by atoms with E-state index >= 15 is 0 Å². The Morgan fingerprint density at radius 1 is 1.00 bits per heavy atom. The highest BCUT2D eigenvalue weighted by Gasteiger charge is 2.00. The molecule has 12 heavy (non-hydrogen) atoms. The number of hydrogen-bond donors (Lipinski definition) is 1. The van der Waals surface area contributed by atoms with Gasteiger partial charge in [-0.1, -0.05) is 30.3 Å². The summed E-state index contributed by atoms with van der Waals surface area (Å²) in [5.74, 6) is 0. The van der Waals surface area contributed by atoms with Gasteiger partial charge in [-0.15, -0.1) is 24.0 Å². The predicted octanol–water partition coefficient (Wildman–Crippen LogP) is 3.70. The van der Waals surface area contributed by atoms with E-state index < -0.39 is 0 Å². The van der Waals surface area contributed by atoms with Gasteiger partial charge in [0.05, 0.1) is 4.21 Å². The van der Waals surface area contributed by atoms with Crippen molar-refractivity contribution in [2.45, 2.75) is 4.21 Å². The van der Waals surface area contributed by atoms with Crippen molar-refractivity contribution >= 4 is 24.0 Å². The molecule has 0 saturated carbocycles. The van der Waals surface area contributed by atoms with Crippen LogP contribution in [0.25, 0.3) is 11.1 Å². The van der Waals surface area contributed by atoms with Crippen molar-refractivity contribution in [1.29, 1.82) is 0 Å². The fraction of sp³-hybridized carbons (Fsp3) is 0. The second-order valence-corrected chi connectivity index (χ2v) is 4.17. The van der Waals surface area contributed by atoms with E-state index in [0.29, 0.717) is 0 Å². The highest BCUT2D eigenvalue weighted by Crippen LogP contribution is 2.30. The van der Waals surface area contributed by atoms with Crippen LogP contribution in [0, 0.1) is 0 Å². The first-order valence-electron chi connectivity index (χ1n) is 3.70. The summed E-state index contributed by atoms with van der Waals surface area (Å²) in [6.07, 6.45) is 0. The summed E-state index contributed by atoms with van der Waals surface area (Å²) >= 11 is 6.04. The van der Waals surface area contributed by atoms with Gasteiger partial charge in [0.25, 0.3) is 0 Å². The van der Waals surface area contributed by atoms with Gasteiger partial charge < -0.3 is 0 Å². The molecule has 2 rings (SSSR count). The summed E-state index contributed by atoms with van der Waals surface area (Å²) < 4.78 is 1.08. The lowest BCUT2D eigenvalue weighted by Crippen LogP contribution is -1.71. The van der Waals surface area contributed by atoms with E-state index in [4.69, 9.17) is 0 Å². The van der Waals surface area contributed by atoms with Crippen LogP contribution in [0.1, 0.15) is 0 Å². The molecule has 0 aliphatic rings. The van der Waals surface area contributed by atoms with Crippen molar-refractivity contribution in [2.75, 3.05) is 0 Å².